The largest absolute Gasteiger partial charge is 0.302 e. The SMILES string of the molecule is CCn1c(SCc2cc(F)ccc2Br)nnc1-c1cccnc1. The minimum atomic E-state index is -0.239. The lowest BCUT2D eigenvalue weighted by Crippen LogP contribution is -2.00. The van der Waals surface area contributed by atoms with Gasteiger partial charge in [-0.1, -0.05) is 27.7 Å². The second kappa shape index (κ2) is 7.23. The van der Waals surface area contributed by atoms with Crippen molar-refractivity contribution in [2.24, 2.45) is 0 Å². The zero-order chi connectivity index (χ0) is 16.2. The van der Waals surface area contributed by atoms with Crippen molar-refractivity contribution in [3.63, 3.8) is 0 Å². The van der Waals surface area contributed by atoms with Crippen LogP contribution in [0.1, 0.15) is 12.5 Å². The lowest BCUT2D eigenvalue weighted by Gasteiger charge is -2.08. The molecule has 23 heavy (non-hydrogen) atoms. The van der Waals surface area contributed by atoms with E-state index in [0.29, 0.717) is 5.75 Å². The van der Waals surface area contributed by atoms with Crippen LogP contribution >= 0.6 is 27.7 Å². The molecule has 4 nitrogen and oxygen atoms in total. The summed E-state index contributed by atoms with van der Waals surface area (Å²) in [5, 5.41) is 9.35. The molecule has 0 amide bonds. The number of thioether (sulfide) groups is 1. The molecule has 0 spiro atoms. The van der Waals surface area contributed by atoms with Gasteiger partial charge in [-0.2, -0.15) is 0 Å². The second-order valence-electron chi connectivity index (χ2n) is 4.82. The summed E-state index contributed by atoms with van der Waals surface area (Å²) in [5.41, 5.74) is 1.82. The van der Waals surface area contributed by atoms with Crippen molar-refractivity contribution < 1.29 is 4.39 Å². The molecule has 2 heterocycles. The summed E-state index contributed by atoms with van der Waals surface area (Å²) in [7, 11) is 0. The molecule has 2 aromatic heterocycles. The molecule has 118 valence electrons. The van der Waals surface area contributed by atoms with E-state index in [2.05, 4.69) is 31.1 Å². The van der Waals surface area contributed by atoms with Crippen molar-refractivity contribution in [3.05, 3.63) is 58.6 Å². The van der Waals surface area contributed by atoms with Gasteiger partial charge in [0.15, 0.2) is 11.0 Å². The molecule has 0 radical (unpaired) electrons. The molecule has 0 saturated carbocycles. The Balaban J connectivity index is 1.84. The van der Waals surface area contributed by atoms with Gasteiger partial charge in [0.2, 0.25) is 0 Å². The summed E-state index contributed by atoms with van der Waals surface area (Å²) in [4.78, 5) is 4.12. The molecule has 0 unspecified atom stereocenters. The topological polar surface area (TPSA) is 43.6 Å². The molecular weight excluding hydrogens is 379 g/mol. The Hall–Kier alpha value is -1.73. The number of nitrogens with zero attached hydrogens (tertiary/aromatic N) is 4. The maximum absolute atomic E-state index is 13.4. The van der Waals surface area contributed by atoms with Gasteiger partial charge in [0.1, 0.15) is 5.82 Å². The second-order valence-corrected chi connectivity index (χ2v) is 6.61. The highest BCUT2D eigenvalue weighted by atomic mass is 79.9. The normalized spacial score (nSPS) is 10.9. The average molecular weight is 393 g/mol. The van der Waals surface area contributed by atoms with Crippen molar-refractivity contribution in [2.75, 3.05) is 0 Å². The number of rotatable bonds is 5. The van der Waals surface area contributed by atoms with E-state index in [9.17, 15) is 4.39 Å². The van der Waals surface area contributed by atoms with Gasteiger partial charge in [-0.15, -0.1) is 10.2 Å². The maximum Gasteiger partial charge on any atom is 0.191 e. The van der Waals surface area contributed by atoms with Gasteiger partial charge in [0.25, 0.3) is 0 Å². The van der Waals surface area contributed by atoms with E-state index in [-0.39, 0.29) is 5.82 Å². The van der Waals surface area contributed by atoms with Gasteiger partial charge in [-0.05, 0) is 42.8 Å². The van der Waals surface area contributed by atoms with Crippen LogP contribution in [0.3, 0.4) is 0 Å². The van der Waals surface area contributed by atoms with Crippen molar-refractivity contribution in [1.82, 2.24) is 19.7 Å². The monoisotopic (exact) mass is 392 g/mol. The highest BCUT2D eigenvalue weighted by molar-refractivity contribution is 9.10. The number of hydrogen-bond acceptors (Lipinski definition) is 4. The molecule has 0 bridgehead atoms. The number of hydrogen-bond donors (Lipinski definition) is 0. The first-order chi connectivity index (χ1) is 11.2. The Morgan fingerprint density at radius 3 is 2.87 bits per heavy atom. The summed E-state index contributed by atoms with van der Waals surface area (Å²) < 4.78 is 16.3. The third kappa shape index (κ3) is 3.61. The van der Waals surface area contributed by atoms with E-state index in [4.69, 9.17) is 0 Å². The maximum atomic E-state index is 13.4. The van der Waals surface area contributed by atoms with Crippen LogP contribution in [-0.4, -0.2) is 19.7 Å². The van der Waals surface area contributed by atoms with Crippen molar-refractivity contribution in [1.29, 1.82) is 0 Å². The van der Waals surface area contributed by atoms with E-state index in [1.54, 1.807) is 18.5 Å². The summed E-state index contributed by atoms with van der Waals surface area (Å²) in [5.74, 6) is 1.17. The van der Waals surface area contributed by atoms with Gasteiger partial charge in [0, 0.05) is 34.7 Å². The van der Waals surface area contributed by atoms with Crippen LogP contribution in [0.25, 0.3) is 11.4 Å². The minimum absolute atomic E-state index is 0.239. The number of aromatic nitrogens is 4. The molecular formula is C16H14BrFN4S. The van der Waals surface area contributed by atoms with Crippen LogP contribution in [0.5, 0.6) is 0 Å². The molecule has 0 aliphatic rings. The first kappa shape index (κ1) is 16.1. The van der Waals surface area contributed by atoms with E-state index in [0.717, 1.165) is 33.1 Å². The van der Waals surface area contributed by atoms with Crippen molar-refractivity contribution in [2.45, 2.75) is 24.4 Å². The van der Waals surface area contributed by atoms with Crippen LogP contribution in [0.4, 0.5) is 4.39 Å². The van der Waals surface area contributed by atoms with Crippen LogP contribution < -0.4 is 0 Å². The molecule has 0 saturated heterocycles. The molecule has 0 fully saturated rings. The van der Waals surface area contributed by atoms with E-state index in [1.165, 1.54) is 23.9 Å². The van der Waals surface area contributed by atoms with Gasteiger partial charge in [0.05, 0.1) is 0 Å². The van der Waals surface area contributed by atoms with Gasteiger partial charge in [-0.25, -0.2) is 4.39 Å². The van der Waals surface area contributed by atoms with Gasteiger partial charge in [-0.3, -0.25) is 4.98 Å². The average Bonchev–Trinajstić information content (AvgIpc) is 2.99. The Kier molecular flexibility index (Phi) is 5.07. The zero-order valence-corrected chi connectivity index (χ0v) is 14.8. The Morgan fingerprint density at radius 2 is 2.13 bits per heavy atom. The Morgan fingerprint density at radius 1 is 1.26 bits per heavy atom. The van der Waals surface area contributed by atoms with Gasteiger partial charge >= 0.3 is 0 Å². The van der Waals surface area contributed by atoms with E-state index < -0.39 is 0 Å². The number of halogens is 2. The molecule has 0 aliphatic heterocycles. The van der Waals surface area contributed by atoms with Crippen LogP contribution in [0.2, 0.25) is 0 Å². The smallest absolute Gasteiger partial charge is 0.191 e. The number of pyridine rings is 1. The first-order valence-corrected chi connectivity index (χ1v) is 8.87. The summed E-state index contributed by atoms with van der Waals surface area (Å²) >= 11 is 4.99. The quantitative estimate of drug-likeness (QED) is 0.597. The third-order valence-corrected chi connectivity index (χ3v) is 5.11. The Bertz CT molecular complexity index is 807. The number of benzene rings is 1. The highest BCUT2D eigenvalue weighted by Crippen LogP contribution is 2.29. The van der Waals surface area contributed by atoms with Crippen LogP contribution in [-0.2, 0) is 12.3 Å². The highest BCUT2D eigenvalue weighted by Gasteiger charge is 2.14. The zero-order valence-electron chi connectivity index (χ0n) is 12.4. The predicted octanol–water partition coefficient (Wildman–Crippen LogP) is 4.55. The molecule has 1 aromatic carbocycles. The van der Waals surface area contributed by atoms with Crippen LogP contribution in [0, 0.1) is 5.82 Å². The van der Waals surface area contributed by atoms with E-state index >= 15 is 0 Å². The fourth-order valence-electron chi connectivity index (χ4n) is 2.19. The molecule has 3 aromatic rings. The standard InChI is InChI=1S/C16H14BrFN4S/c1-2-22-15(11-4-3-7-19-9-11)20-21-16(22)23-10-12-8-13(18)5-6-14(12)17/h3-9H,2,10H2,1H3. The van der Waals surface area contributed by atoms with Crippen molar-refractivity contribution >= 4 is 27.7 Å². The van der Waals surface area contributed by atoms with E-state index in [1.807, 2.05) is 23.6 Å². The van der Waals surface area contributed by atoms with Gasteiger partial charge < -0.3 is 4.57 Å². The first-order valence-electron chi connectivity index (χ1n) is 7.09. The lowest BCUT2D eigenvalue weighted by atomic mass is 10.2. The molecule has 0 atom stereocenters. The predicted molar refractivity (Wildman–Crippen MR) is 92.6 cm³/mol. The molecule has 0 N–H and O–H groups in total. The fourth-order valence-corrected chi connectivity index (χ4v) is 3.75. The lowest BCUT2D eigenvalue weighted by molar-refractivity contribution is 0.626. The summed E-state index contributed by atoms with van der Waals surface area (Å²) in [6.07, 6.45) is 3.50. The Labute approximate surface area is 146 Å². The molecule has 7 heteroatoms. The fraction of sp³-hybridized carbons (Fsp3) is 0.188. The summed E-state index contributed by atoms with van der Waals surface area (Å²) in [6, 6.07) is 8.53. The molecule has 0 aliphatic carbocycles. The summed E-state index contributed by atoms with van der Waals surface area (Å²) in [6.45, 7) is 2.80. The third-order valence-electron chi connectivity index (χ3n) is 3.32. The molecule has 3 rings (SSSR count). The minimum Gasteiger partial charge on any atom is -0.302 e. The van der Waals surface area contributed by atoms with Crippen molar-refractivity contribution in [3.8, 4) is 11.4 Å². The van der Waals surface area contributed by atoms with Crippen LogP contribution in [0.15, 0.2) is 52.4 Å².